The maximum Gasteiger partial charge on any atom is 0.344 e. The van der Waals surface area contributed by atoms with Crippen molar-refractivity contribution in [1.29, 1.82) is 0 Å². The van der Waals surface area contributed by atoms with Crippen molar-refractivity contribution in [3.8, 4) is 5.75 Å². The Kier molecular flexibility index (Phi) is 6.37. The van der Waals surface area contributed by atoms with Crippen LogP contribution in [-0.4, -0.2) is 25.1 Å². The molecule has 2 rings (SSSR count). The van der Waals surface area contributed by atoms with Gasteiger partial charge in [0, 0.05) is 10.2 Å². The van der Waals surface area contributed by atoms with Gasteiger partial charge in [-0.3, -0.25) is 4.79 Å². The van der Waals surface area contributed by atoms with Gasteiger partial charge >= 0.3 is 5.97 Å². The van der Waals surface area contributed by atoms with Crippen LogP contribution in [0, 0.1) is 13.8 Å². The third-order valence-corrected chi connectivity index (χ3v) is 3.67. The lowest BCUT2D eigenvalue weighted by molar-refractivity contribution is -0.149. The zero-order valence-electron chi connectivity index (χ0n) is 13.5. The number of benzene rings is 2. The number of aryl methyl sites for hydroxylation is 2. The molecule has 0 aromatic heterocycles. The van der Waals surface area contributed by atoms with Crippen LogP contribution in [0.15, 0.2) is 46.9 Å². The van der Waals surface area contributed by atoms with Crippen LogP contribution in [-0.2, 0) is 14.3 Å². The molecule has 0 bridgehead atoms. The minimum Gasteiger partial charge on any atom is -0.482 e. The van der Waals surface area contributed by atoms with Gasteiger partial charge in [0.2, 0.25) is 0 Å². The fourth-order valence-corrected chi connectivity index (χ4v) is 2.46. The van der Waals surface area contributed by atoms with Gasteiger partial charge in [-0.2, -0.15) is 0 Å². The van der Waals surface area contributed by atoms with Gasteiger partial charge in [-0.05, 0) is 55.3 Å². The molecule has 0 unspecified atom stereocenters. The summed E-state index contributed by atoms with van der Waals surface area (Å²) in [6.45, 7) is 3.21. The molecular weight excluding hydrogens is 374 g/mol. The average Bonchev–Trinajstić information content (AvgIpc) is 2.54. The highest BCUT2D eigenvalue weighted by Gasteiger charge is 2.10. The Bertz CT molecular complexity index is 746. The molecule has 2 aromatic rings. The minimum atomic E-state index is -0.598. The largest absolute Gasteiger partial charge is 0.482 e. The smallest absolute Gasteiger partial charge is 0.344 e. The van der Waals surface area contributed by atoms with Crippen LogP contribution in [0.4, 0.5) is 5.69 Å². The van der Waals surface area contributed by atoms with E-state index in [0.717, 1.165) is 15.6 Å². The lowest BCUT2D eigenvalue weighted by atomic mass is 10.2. The van der Waals surface area contributed by atoms with Crippen LogP contribution in [0.1, 0.15) is 11.1 Å². The molecule has 0 atom stereocenters. The number of rotatable bonds is 6. The second-order valence-electron chi connectivity index (χ2n) is 5.27. The van der Waals surface area contributed by atoms with Gasteiger partial charge in [-0.25, -0.2) is 4.79 Å². The minimum absolute atomic E-state index is 0.242. The molecule has 1 amide bonds. The van der Waals surface area contributed by atoms with E-state index in [2.05, 4.69) is 21.2 Å². The first kappa shape index (κ1) is 18.0. The van der Waals surface area contributed by atoms with Crippen LogP contribution >= 0.6 is 15.9 Å². The zero-order valence-corrected chi connectivity index (χ0v) is 15.1. The van der Waals surface area contributed by atoms with Crippen molar-refractivity contribution in [2.45, 2.75) is 13.8 Å². The van der Waals surface area contributed by atoms with E-state index in [4.69, 9.17) is 9.47 Å². The fourth-order valence-electron chi connectivity index (χ4n) is 1.99. The van der Waals surface area contributed by atoms with E-state index in [0.29, 0.717) is 11.4 Å². The summed E-state index contributed by atoms with van der Waals surface area (Å²) in [6.07, 6.45) is 0. The SMILES string of the molecule is Cc1cccc(OCC(=O)OCC(=O)Nc2ccc(Br)cc2C)c1. The highest BCUT2D eigenvalue weighted by atomic mass is 79.9. The molecule has 0 aliphatic heterocycles. The van der Waals surface area contributed by atoms with Gasteiger partial charge in [-0.15, -0.1) is 0 Å². The average molecular weight is 392 g/mol. The van der Waals surface area contributed by atoms with Gasteiger partial charge < -0.3 is 14.8 Å². The van der Waals surface area contributed by atoms with Crippen molar-refractivity contribution in [2.75, 3.05) is 18.5 Å². The molecule has 0 aliphatic carbocycles. The van der Waals surface area contributed by atoms with Gasteiger partial charge in [0.15, 0.2) is 13.2 Å². The predicted octanol–water partition coefficient (Wildman–Crippen LogP) is 3.63. The van der Waals surface area contributed by atoms with Crippen LogP contribution in [0.3, 0.4) is 0 Å². The van der Waals surface area contributed by atoms with Crippen LogP contribution < -0.4 is 10.1 Å². The number of ether oxygens (including phenoxy) is 2. The quantitative estimate of drug-likeness (QED) is 0.763. The molecule has 2 aromatic carbocycles. The Morgan fingerprint density at radius 2 is 1.88 bits per heavy atom. The highest BCUT2D eigenvalue weighted by molar-refractivity contribution is 9.10. The molecular formula is C18H18BrNO4. The molecule has 6 heteroatoms. The van der Waals surface area contributed by atoms with Crippen molar-refractivity contribution in [3.05, 3.63) is 58.1 Å². The monoisotopic (exact) mass is 391 g/mol. The van der Waals surface area contributed by atoms with E-state index < -0.39 is 11.9 Å². The Morgan fingerprint density at radius 1 is 1.08 bits per heavy atom. The lowest BCUT2D eigenvalue weighted by Crippen LogP contribution is -2.24. The summed E-state index contributed by atoms with van der Waals surface area (Å²) in [6, 6.07) is 12.8. The summed E-state index contributed by atoms with van der Waals surface area (Å²) in [4.78, 5) is 23.5. The molecule has 126 valence electrons. The number of anilines is 1. The Labute approximate surface area is 149 Å². The van der Waals surface area contributed by atoms with Gasteiger partial charge in [0.25, 0.3) is 5.91 Å². The van der Waals surface area contributed by atoms with E-state index in [9.17, 15) is 9.59 Å². The first-order chi connectivity index (χ1) is 11.4. The van der Waals surface area contributed by atoms with Crippen molar-refractivity contribution < 1.29 is 19.1 Å². The van der Waals surface area contributed by atoms with Gasteiger partial charge in [0.05, 0.1) is 0 Å². The number of hydrogen-bond donors (Lipinski definition) is 1. The van der Waals surface area contributed by atoms with E-state index >= 15 is 0 Å². The molecule has 0 spiro atoms. The zero-order chi connectivity index (χ0) is 17.5. The molecule has 0 aliphatic rings. The van der Waals surface area contributed by atoms with Crippen LogP contribution in [0.2, 0.25) is 0 Å². The van der Waals surface area contributed by atoms with Crippen molar-refractivity contribution >= 4 is 33.5 Å². The molecule has 0 saturated heterocycles. The van der Waals surface area contributed by atoms with E-state index in [1.165, 1.54) is 0 Å². The van der Waals surface area contributed by atoms with E-state index in [1.807, 2.05) is 44.2 Å². The number of hydrogen-bond acceptors (Lipinski definition) is 4. The number of nitrogens with one attached hydrogen (secondary N) is 1. The number of esters is 1. The number of amides is 1. The molecule has 0 saturated carbocycles. The van der Waals surface area contributed by atoms with Crippen LogP contribution in [0.25, 0.3) is 0 Å². The Hall–Kier alpha value is -2.34. The summed E-state index contributed by atoms with van der Waals surface area (Å²) < 4.78 is 11.2. The topological polar surface area (TPSA) is 64.6 Å². The third kappa shape index (κ3) is 5.70. The fraction of sp³-hybridized carbons (Fsp3) is 0.222. The van der Waals surface area contributed by atoms with Gasteiger partial charge in [-0.1, -0.05) is 28.1 Å². The molecule has 0 fully saturated rings. The summed E-state index contributed by atoms with van der Waals surface area (Å²) in [5, 5.41) is 2.70. The number of carbonyl (C=O) groups is 2. The summed E-state index contributed by atoms with van der Waals surface area (Å²) in [5.41, 5.74) is 2.62. The maximum atomic E-state index is 11.8. The lowest BCUT2D eigenvalue weighted by Gasteiger charge is -2.10. The molecule has 0 heterocycles. The number of halogens is 1. The summed E-state index contributed by atoms with van der Waals surface area (Å²) in [7, 11) is 0. The second-order valence-corrected chi connectivity index (χ2v) is 6.19. The second kappa shape index (κ2) is 8.49. The van der Waals surface area contributed by atoms with Crippen molar-refractivity contribution in [2.24, 2.45) is 0 Å². The molecule has 5 nitrogen and oxygen atoms in total. The third-order valence-electron chi connectivity index (χ3n) is 3.17. The summed E-state index contributed by atoms with van der Waals surface area (Å²) >= 11 is 3.36. The first-order valence-corrected chi connectivity index (χ1v) is 8.14. The Morgan fingerprint density at radius 3 is 2.58 bits per heavy atom. The molecule has 24 heavy (non-hydrogen) atoms. The molecule has 1 N–H and O–H groups in total. The Balaban J connectivity index is 1.75. The van der Waals surface area contributed by atoms with Crippen molar-refractivity contribution in [3.63, 3.8) is 0 Å². The standard InChI is InChI=1S/C18H18BrNO4/c1-12-4-3-5-15(8-12)23-11-18(22)24-10-17(21)20-16-7-6-14(19)9-13(16)2/h3-9H,10-11H2,1-2H3,(H,20,21). The van der Waals surface area contributed by atoms with Crippen LogP contribution in [0.5, 0.6) is 5.75 Å². The first-order valence-electron chi connectivity index (χ1n) is 7.35. The normalized spacial score (nSPS) is 10.1. The van der Waals surface area contributed by atoms with Crippen molar-refractivity contribution in [1.82, 2.24) is 0 Å². The predicted molar refractivity (Wildman–Crippen MR) is 95.1 cm³/mol. The highest BCUT2D eigenvalue weighted by Crippen LogP contribution is 2.19. The number of carbonyl (C=O) groups excluding carboxylic acids is 2. The summed E-state index contributed by atoms with van der Waals surface area (Å²) in [5.74, 6) is -0.412. The van der Waals surface area contributed by atoms with E-state index in [1.54, 1.807) is 12.1 Å². The van der Waals surface area contributed by atoms with Gasteiger partial charge in [0.1, 0.15) is 5.75 Å². The maximum absolute atomic E-state index is 11.8. The van der Waals surface area contributed by atoms with E-state index in [-0.39, 0.29) is 13.2 Å². The molecule has 0 radical (unpaired) electrons.